The largest absolute Gasteiger partial charge is 0.327 e. The molecule has 1 aliphatic heterocycles. The molecule has 0 fully saturated rings. The predicted molar refractivity (Wildman–Crippen MR) is 143 cm³/mol. The van der Waals surface area contributed by atoms with Gasteiger partial charge in [0.1, 0.15) is 11.7 Å². The number of nitrogens with zero attached hydrogens (tertiary/aromatic N) is 3. The lowest BCUT2D eigenvalue weighted by molar-refractivity contribution is -0.146. The molecule has 2 heterocycles. The van der Waals surface area contributed by atoms with Gasteiger partial charge in [0.25, 0.3) is 11.8 Å². The van der Waals surface area contributed by atoms with Crippen LogP contribution in [0.5, 0.6) is 0 Å². The minimum atomic E-state index is -1.74. The second-order valence-corrected chi connectivity index (χ2v) is 9.56. The zero-order valence-electron chi connectivity index (χ0n) is 21.6. The van der Waals surface area contributed by atoms with Crippen LogP contribution in [0.4, 0.5) is 0 Å². The van der Waals surface area contributed by atoms with Gasteiger partial charge in [-0.05, 0) is 29.2 Å². The predicted octanol–water partition coefficient (Wildman–Crippen LogP) is 3.66. The van der Waals surface area contributed by atoms with E-state index in [9.17, 15) is 19.2 Å². The molecule has 1 aliphatic rings. The first kappa shape index (κ1) is 26.5. The smallest absolute Gasteiger partial charge is 0.277 e. The third-order valence-corrected chi connectivity index (χ3v) is 6.40. The Morgan fingerprint density at radius 2 is 1.63 bits per heavy atom. The molecule has 2 aromatic carbocycles. The van der Waals surface area contributed by atoms with Crippen molar-refractivity contribution < 1.29 is 19.2 Å². The standard InChI is InChI=1S/C30H30N4O4/c1-21(2)27-29(38)34(30(20-35,32-22(3)36)18-23-12-6-4-7-13-23)26(24-14-8-5-9-15-24)19-33(27)28(37)25-16-10-11-17-31-25/h4-17,19-21,27H,18H2,1-3H3,(H,32,36)/t27-,30+/m1/s1. The Hall–Kier alpha value is -4.59. The van der Waals surface area contributed by atoms with Crippen molar-refractivity contribution in [2.45, 2.75) is 38.9 Å². The highest BCUT2D eigenvalue weighted by Crippen LogP contribution is 2.36. The minimum absolute atomic E-state index is 0.0336. The van der Waals surface area contributed by atoms with Crippen molar-refractivity contribution in [1.82, 2.24) is 20.1 Å². The molecule has 38 heavy (non-hydrogen) atoms. The lowest BCUT2D eigenvalue weighted by Gasteiger charge is -2.48. The van der Waals surface area contributed by atoms with E-state index in [4.69, 9.17) is 0 Å². The average molecular weight is 511 g/mol. The molecular formula is C30H30N4O4. The molecule has 8 nitrogen and oxygen atoms in total. The van der Waals surface area contributed by atoms with Crippen LogP contribution in [-0.2, 0) is 20.8 Å². The summed E-state index contributed by atoms with van der Waals surface area (Å²) in [5.41, 5.74) is 0.122. The number of aldehydes is 1. The maximum atomic E-state index is 14.4. The highest BCUT2D eigenvalue weighted by molar-refractivity contribution is 6.03. The molecule has 1 N–H and O–H groups in total. The minimum Gasteiger partial charge on any atom is -0.327 e. The SMILES string of the molecule is CC(=O)N[C@@](C=O)(Cc1ccccc1)N1C(=O)[C@@H](C(C)C)N(C(=O)c2ccccn2)C=C1c1ccccc1. The van der Waals surface area contributed by atoms with Gasteiger partial charge in [0.2, 0.25) is 5.91 Å². The van der Waals surface area contributed by atoms with Crippen molar-refractivity contribution in [3.05, 3.63) is 108 Å². The number of aromatic nitrogens is 1. The Balaban J connectivity index is 1.96. The number of hydrogen-bond acceptors (Lipinski definition) is 5. The molecule has 1 aromatic heterocycles. The number of benzene rings is 2. The van der Waals surface area contributed by atoms with Gasteiger partial charge in [-0.2, -0.15) is 0 Å². The number of pyridine rings is 1. The van der Waals surface area contributed by atoms with E-state index in [1.54, 1.807) is 48.7 Å². The van der Waals surface area contributed by atoms with Crippen molar-refractivity contribution in [1.29, 1.82) is 0 Å². The summed E-state index contributed by atoms with van der Waals surface area (Å²) in [6.45, 7) is 4.97. The van der Waals surface area contributed by atoms with E-state index >= 15 is 0 Å². The van der Waals surface area contributed by atoms with E-state index in [1.807, 2.05) is 50.2 Å². The topological polar surface area (TPSA) is 99.7 Å². The average Bonchev–Trinajstić information content (AvgIpc) is 2.92. The molecule has 0 bridgehead atoms. The van der Waals surface area contributed by atoms with E-state index < -0.39 is 29.4 Å². The number of amides is 3. The summed E-state index contributed by atoms with van der Waals surface area (Å²) < 4.78 is 0. The van der Waals surface area contributed by atoms with Gasteiger partial charge in [-0.3, -0.25) is 34.0 Å². The monoisotopic (exact) mass is 510 g/mol. The summed E-state index contributed by atoms with van der Waals surface area (Å²) in [6, 6.07) is 22.2. The van der Waals surface area contributed by atoms with Crippen LogP contribution in [0.1, 0.15) is 42.4 Å². The molecule has 2 atom stereocenters. The summed E-state index contributed by atoms with van der Waals surface area (Å²) in [4.78, 5) is 60.4. The van der Waals surface area contributed by atoms with Crippen molar-refractivity contribution >= 4 is 29.7 Å². The van der Waals surface area contributed by atoms with Crippen LogP contribution in [0.25, 0.3) is 5.70 Å². The fourth-order valence-electron chi connectivity index (χ4n) is 4.79. The normalized spacial score (nSPS) is 17.0. The Kier molecular flexibility index (Phi) is 7.81. The van der Waals surface area contributed by atoms with E-state index in [1.165, 1.54) is 22.9 Å². The van der Waals surface area contributed by atoms with Crippen molar-refractivity contribution in [2.75, 3.05) is 0 Å². The molecule has 194 valence electrons. The first-order valence-electron chi connectivity index (χ1n) is 12.4. The number of nitrogens with one attached hydrogen (secondary N) is 1. The van der Waals surface area contributed by atoms with Gasteiger partial charge in [0.05, 0.1) is 5.70 Å². The molecule has 0 saturated heterocycles. The number of rotatable bonds is 8. The fraction of sp³-hybridized carbons (Fsp3) is 0.233. The summed E-state index contributed by atoms with van der Waals surface area (Å²) in [5, 5.41) is 2.77. The van der Waals surface area contributed by atoms with Crippen LogP contribution in [-0.4, -0.2) is 50.5 Å². The van der Waals surface area contributed by atoms with Gasteiger partial charge in [0.15, 0.2) is 11.9 Å². The van der Waals surface area contributed by atoms with E-state index in [2.05, 4.69) is 10.3 Å². The maximum absolute atomic E-state index is 14.4. The van der Waals surface area contributed by atoms with Crippen LogP contribution in [0.3, 0.4) is 0 Å². The molecule has 0 unspecified atom stereocenters. The van der Waals surface area contributed by atoms with E-state index in [-0.39, 0.29) is 18.0 Å². The van der Waals surface area contributed by atoms with Gasteiger partial charge in [-0.25, -0.2) is 0 Å². The second-order valence-electron chi connectivity index (χ2n) is 9.56. The fourth-order valence-corrected chi connectivity index (χ4v) is 4.79. The Morgan fingerprint density at radius 3 is 2.18 bits per heavy atom. The van der Waals surface area contributed by atoms with Crippen molar-refractivity contribution in [2.24, 2.45) is 5.92 Å². The van der Waals surface area contributed by atoms with Crippen LogP contribution in [0.15, 0.2) is 91.3 Å². The Morgan fingerprint density at radius 1 is 1.00 bits per heavy atom. The molecule has 0 saturated carbocycles. The molecule has 3 amide bonds. The van der Waals surface area contributed by atoms with Crippen molar-refractivity contribution in [3.63, 3.8) is 0 Å². The summed E-state index contributed by atoms with van der Waals surface area (Å²) in [6.07, 6.45) is 3.74. The molecule has 8 heteroatoms. The summed E-state index contributed by atoms with van der Waals surface area (Å²) in [7, 11) is 0. The lowest BCUT2D eigenvalue weighted by atomic mass is 9.91. The molecular weight excluding hydrogens is 480 g/mol. The first-order valence-corrected chi connectivity index (χ1v) is 12.4. The maximum Gasteiger partial charge on any atom is 0.277 e. The van der Waals surface area contributed by atoms with Crippen LogP contribution in [0.2, 0.25) is 0 Å². The van der Waals surface area contributed by atoms with Crippen LogP contribution >= 0.6 is 0 Å². The summed E-state index contributed by atoms with van der Waals surface area (Å²) >= 11 is 0. The molecule has 0 aliphatic carbocycles. The van der Waals surface area contributed by atoms with Crippen LogP contribution < -0.4 is 5.32 Å². The zero-order chi connectivity index (χ0) is 27.3. The second kappa shape index (κ2) is 11.2. The quantitative estimate of drug-likeness (QED) is 0.466. The number of hydrogen-bond donors (Lipinski definition) is 1. The molecule has 3 aromatic rings. The molecule has 0 radical (unpaired) electrons. The van der Waals surface area contributed by atoms with Gasteiger partial charge >= 0.3 is 0 Å². The third-order valence-electron chi connectivity index (χ3n) is 6.40. The first-order chi connectivity index (χ1) is 18.3. The Bertz CT molecular complexity index is 1340. The van der Waals surface area contributed by atoms with Gasteiger partial charge in [0, 0.05) is 25.7 Å². The highest BCUT2D eigenvalue weighted by atomic mass is 16.2. The third kappa shape index (κ3) is 5.25. The van der Waals surface area contributed by atoms with Gasteiger partial charge in [-0.1, -0.05) is 80.6 Å². The van der Waals surface area contributed by atoms with Crippen molar-refractivity contribution in [3.8, 4) is 0 Å². The Labute approximate surface area is 222 Å². The highest BCUT2D eigenvalue weighted by Gasteiger charge is 2.50. The number of carbonyl (C=O) groups is 4. The van der Waals surface area contributed by atoms with Crippen LogP contribution in [0, 0.1) is 5.92 Å². The van der Waals surface area contributed by atoms with E-state index in [0.29, 0.717) is 17.5 Å². The van der Waals surface area contributed by atoms with Gasteiger partial charge in [-0.15, -0.1) is 0 Å². The molecule has 4 rings (SSSR count). The molecule has 0 spiro atoms. The summed E-state index contributed by atoms with van der Waals surface area (Å²) in [5.74, 6) is -1.71. The van der Waals surface area contributed by atoms with Gasteiger partial charge < -0.3 is 5.32 Å². The van der Waals surface area contributed by atoms with E-state index in [0.717, 1.165) is 5.56 Å². The number of carbonyl (C=O) groups excluding carboxylic acids is 4. The zero-order valence-corrected chi connectivity index (χ0v) is 21.6. The lowest BCUT2D eigenvalue weighted by Crippen LogP contribution is -2.68.